The van der Waals surface area contributed by atoms with Crippen LogP contribution in [0.3, 0.4) is 0 Å². The molecular formula is C22H24F4. The number of halogens is 4. The van der Waals surface area contributed by atoms with E-state index in [-0.39, 0.29) is 11.0 Å². The van der Waals surface area contributed by atoms with E-state index in [1.165, 1.54) is 6.07 Å². The number of benzene rings is 2. The highest BCUT2D eigenvalue weighted by Gasteiger charge is 2.40. The van der Waals surface area contributed by atoms with Crippen molar-refractivity contribution in [3.05, 3.63) is 59.4 Å². The third-order valence-electron chi connectivity index (χ3n) is 5.62. The maximum atomic E-state index is 15.2. The summed E-state index contributed by atoms with van der Waals surface area (Å²) in [5.74, 6) is -1.14. The minimum atomic E-state index is -4.70. The molecule has 0 N–H and O–H groups in total. The van der Waals surface area contributed by atoms with Gasteiger partial charge in [-0.05, 0) is 41.9 Å². The fourth-order valence-corrected chi connectivity index (χ4v) is 4.49. The van der Waals surface area contributed by atoms with Crippen LogP contribution in [0.1, 0.15) is 63.0 Å². The summed E-state index contributed by atoms with van der Waals surface area (Å²) in [6.07, 6.45) is 2.13. The largest absolute Gasteiger partial charge is 0.419 e. The van der Waals surface area contributed by atoms with Gasteiger partial charge in [-0.15, -0.1) is 0 Å². The maximum Gasteiger partial charge on any atom is 0.419 e. The van der Waals surface area contributed by atoms with Crippen LogP contribution >= 0.6 is 0 Å². The summed E-state index contributed by atoms with van der Waals surface area (Å²) < 4.78 is 55.1. The van der Waals surface area contributed by atoms with Crippen LogP contribution in [-0.4, -0.2) is 0 Å². The van der Waals surface area contributed by atoms with E-state index in [1.54, 1.807) is 30.3 Å². The Labute approximate surface area is 152 Å². The zero-order chi connectivity index (χ0) is 18.8. The molecule has 0 bridgehead atoms. The van der Waals surface area contributed by atoms with E-state index in [0.717, 1.165) is 56.6 Å². The molecule has 1 aliphatic carbocycles. The van der Waals surface area contributed by atoms with Crippen LogP contribution < -0.4 is 0 Å². The summed E-state index contributed by atoms with van der Waals surface area (Å²) in [6.45, 7) is 2.08. The van der Waals surface area contributed by atoms with E-state index in [0.29, 0.717) is 5.56 Å². The van der Waals surface area contributed by atoms with Crippen molar-refractivity contribution in [3.8, 4) is 11.1 Å². The van der Waals surface area contributed by atoms with Crippen LogP contribution in [0.25, 0.3) is 11.1 Å². The van der Waals surface area contributed by atoms with Crippen LogP contribution in [0, 0.1) is 5.82 Å². The Kier molecular flexibility index (Phi) is 5.40. The van der Waals surface area contributed by atoms with Crippen LogP contribution in [0.5, 0.6) is 0 Å². The summed E-state index contributed by atoms with van der Waals surface area (Å²) in [5.41, 5.74) is -0.00962. The lowest BCUT2D eigenvalue weighted by atomic mass is 9.65. The lowest BCUT2D eigenvalue weighted by Crippen LogP contribution is -2.30. The zero-order valence-electron chi connectivity index (χ0n) is 15.0. The van der Waals surface area contributed by atoms with Gasteiger partial charge in [-0.25, -0.2) is 4.39 Å². The van der Waals surface area contributed by atoms with Gasteiger partial charge in [-0.1, -0.05) is 69.0 Å². The molecule has 1 saturated carbocycles. The smallest absolute Gasteiger partial charge is 0.206 e. The van der Waals surface area contributed by atoms with Crippen LogP contribution in [-0.2, 0) is 11.6 Å². The van der Waals surface area contributed by atoms with Gasteiger partial charge in [0.1, 0.15) is 5.82 Å². The van der Waals surface area contributed by atoms with E-state index in [1.807, 2.05) is 0 Å². The fraction of sp³-hybridized carbons (Fsp3) is 0.455. The predicted octanol–water partition coefficient (Wildman–Crippen LogP) is 7.51. The Morgan fingerprint density at radius 1 is 0.923 bits per heavy atom. The van der Waals surface area contributed by atoms with Gasteiger partial charge in [0.05, 0.1) is 5.56 Å². The SMILES string of the molecule is CCCC1(c2ccc(C(F)(F)F)c(F)c2-c2ccccc2)CCCCC1. The Hall–Kier alpha value is -1.84. The lowest BCUT2D eigenvalue weighted by Gasteiger charge is -2.39. The second kappa shape index (κ2) is 7.42. The van der Waals surface area contributed by atoms with Gasteiger partial charge in [0.2, 0.25) is 0 Å². The van der Waals surface area contributed by atoms with Crippen molar-refractivity contribution >= 4 is 0 Å². The number of rotatable bonds is 4. The van der Waals surface area contributed by atoms with Crippen molar-refractivity contribution in [1.82, 2.24) is 0 Å². The zero-order valence-corrected chi connectivity index (χ0v) is 15.0. The Morgan fingerprint density at radius 3 is 2.15 bits per heavy atom. The molecule has 3 rings (SSSR count). The second-order valence-corrected chi connectivity index (χ2v) is 7.30. The van der Waals surface area contributed by atoms with E-state index < -0.39 is 17.6 Å². The first kappa shape index (κ1) is 18.9. The van der Waals surface area contributed by atoms with E-state index in [2.05, 4.69) is 6.92 Å². The first-order chi connectivity index (χ1) is 12.4. The highest BCUT2D eigenvalue weighted by Crippen LogP contribution is 2.48. The summed E-state index contributed by atoms with van der Waals surface area (Å²) in [5, 5.41) is 0. The first-order valence-corrected chi connectivity index (χ1v) is 9.35. The molecule has 0 aromatic heterocycles. The molecule has 0 unspecified atom stereocenters. The average Bonchev–Trinajstić information content (AvgIpc) is 2.62. The van der Waals surface area contributed by atoms with Gasteiger partial charge >= 0.3 is 6.18 Å². The third kappa shape index (κ3) is 3.51. The van der Waals surface area contributed by atoms with Gasteiger partial charge < -0.3 is 0 Å². The molecule has 26 heavy (non-hydrogen) atoms. The molecular weight excluding hydrogens is 340 g/mol. The highest BCUT2D eigenvalue weighted by molar-refractivity contribution is 5.71. The number of alkyl halides is 3. The molecule has 4 heteroatoms. The van der Waals surface area contributed by atoms with E-state index >= 15 is 4.39 Å². The van der Waals surface area contributed by atoms with Gasteiger partial charge in [-0.2, -0.15) is 13.2 Å². The standard InChI is InChI=1S/C22H24F4/c1-2-13-21(14-7-4-8-15-21)17-11-12-18(22(24,25)26)20(23)19(17)16-9-5-3-6-10-16/h3,5-6,9-12H,2,4,7-8,13-15H2,1H3. The Morgan fingerprint density at radius 2 is 1.58 bits per heavy atom. The van der Waals surface area contributed by atoms with Crippen molar-refractivity contribution in [1.29, 1.82) is 0 Å². The van der Waals surface area contributed by atoms with Crippen molar-refractivity contribution in [3.63, 3.8) is 0 Å². The summed E-state index contributed by atoms with van der Waals surface area (Å²) in [4.78, 5) is 0. The molecule has 0 aliphatic heterocycles. The van der Waals surface area contributed by atoms with Crippen molar-refractivity contribution in [2.24, 2.45) is 0 Å². The molecule has 0 heterocycles. The normalized spacial score (nSPS) is 17.3. The highest BCUT2D eigenvalue weighted by atomic mass is 19.4. The molecule has 1 fully saturated rings. The van der Waals surface area contributed by atoms with Crippen LogP contribution in [0.15, 0.2) is 42.5 Å². The summed E-state index contributed by atoms with van der Waals surface area (Å²) in [6, 6.07) is 11.1. The molecule has 0 amide bonds. The minimum Gasteiger partial charge on any atom is -0.206 e. The van der Waals surface area contributed by atoms with Gasteiger partial charge in [0.25, 0.3) is 0 Å². The maximum absolute atomic E-state index is 15.2. The molecule has 1 aliphatic rings. The predicted molar refractivity (Wildman–Crippen MR) is 96.5 cm³/mol. The molecule has 2 aromatic carbocycles. The van der Waals surface area contributed by atoms with Crippen LogP contribution in [0.2, 0.25) is 0 Å². The Bertz CT molecular complexity index is 735. The molecule has 2 aromatic rings. The second-order valence-electron chi connectivity index (χ2n) is 7.30. The Balaban J connectivity index is 2.26. The van der Waals surface area contributed by atoms with Gasteiger partial charge in [0.15, 0.2) is 0 Å². The van der Waals surface area contributed by atoms with Crippen molar-refractivity contribution < 1.29 is 17.6 Å². The molecule has 0 saturated heterocycles. The lowest BCUT2D eigenvalue weighted by molar-refractivity contribution is -0.139. The molecule has 0 spiro atoms. The number of hydrogen-bond donors (Lipinski definition) is 0. The average molecular weight is 364 g/mol. The molecule has 140 valence electrons. The summed E-state index contributed by atoms with van der Waals surface area (Å²) >= 11 is 0. The van der Waals surface area contributed by atoms with Crippen molar-refractivity contribution in [2.75, 3.05) is 0 Å². The minimum absolute atomic E-state index is 0.135. The van der Waals surface area contributed by atoms with E-state index in [4.69, 9.17) is 0 Å². The number of hydrogen-bond acceptors (Lipinski definition) is 0. The molecule has 0 atom stereocenters. The van der Waals surface area contributed by atoms with Crippen LogP contribution in [0.4, 0.5) is 17.6 Å². The molecule has 0 nitrogen and oxygen atoms in total. The molecule has 0 radical (unpaired) electrons. The topological polar surface area (TPSA) is 0 Å². The fourth-order valence-electron chi connectivity index (χ4n) is 4.49. The monoisotopic (exact) mass is 364 g/mol. The van der Waals surface area contributed by atoms with Crippen molar-refractivity contribution in [2.45, 2.75) is 63.5 Å². The van der Waals surface area contributed by atoms with E-state index in [9.17, 15) is 13.2 Å². The summed E-state index contributed by atoms with van der Waals surface area (Å²) in [7, 11) is 0. The quantitative estimate of drug-likeness (QED) is 0.492. The van der Waals surface area contributed by atoms with Gasteiger partial charge in [-0.3, -0.25) is 0 Å². The van der Waals surface area contributed by atoms with Gasteiger partial charge in [0, 0.05) is 5.56 Å². The third-order valence-corrected chi connectivity index (χ3v) is 5.62. The first-order valence-electron chi connectivity index (χ1n) is 9.35.